The molecule has 22 heavy (non-hydrogen) atoms. The highest BCUT2D eigenvalue weighted by Crippen LogP contribution is 2.25. The average molecular weight is 317 g/mol. The Morgan fingerprint density at radius 1 is 1.32 bits per heavy atom. The van der Waals surface area contributed by atoms with Crippen LogP contribution in [0.25, 0.3) is 10.1 Å². The molecule has 0 aliphatic rings. The maximum absolute atomic E-state index is 12.1. The number of nitrogens with zero attached hydrogens (tertiary/aromatic N) is 1. The predicted octanol–water partition coefficient (Wildman–Crippen LogP) is 3.48. The number of hydrogen-bond donors (Lipinski definition) is 0. The van der Waals surface area contributed by atoms with E-state index in [1.54, 1.807) is 11.0 Å². The van der Waals surface area contributed by atoms with E-state index < -0.39 is 5.97 Å². The molecular weight excluding hydrogens is 298 g/mol. The molecule has 0 saturated carbocycles. The normalized spacial score (nSPS) is 10.5. The van der Waals surface area contributed by atoms with Gasteiger partial charge in [0.05, 0.1) is 0 Å². The first kappa shape index (κ1) is 16.2. The summed E-state index contributed by atoms with van der Waals surface area (Å²) in [4.78, 5) is 26.2. The van der Waals surface area contributed by atoms with Crippen molar-refractivity contribution in [3.8, 4) is 0 Å². The molecule has 1 amide bonds. The van der Waals surface area contributed by atoms with E-state index in [0.717, 1.165) is 15.7 Å². The van der Waals surface area contributed by atoms with Crippen molar-refractivity contribution in [1.82, 2.24) is 4.90 Å². The molecule has 0 unspecified atom stereocenters. The van der Waals surface area contributed by atoms with Crippen molar-refractivity contribution in [3.63, 3.8) is 0 Å². The van der Waals surface area contributed by atoms with Crippen LogP contribution in [0.2, 0.25) is 0 Å². The van der Waals surface area contributed by atoms with Gasteiger partial charge in [0.25, 0.3) is 5.91 Å². The van der Waals surface area contributed by atoms with E-state index in [4.69, 9.17) is 4.74 Å². The maximum Gasteiger partial charge on any atom is 0.348 e. The number of ether oxygens (including phenoxy) is 1. The lowest BCUT2D eigenvalue weighted by molar-refractivity contribution is -0.133. The Kier molecular flexibility index (Phi) is 5.33. The van der Waals surface area contributed by atoms with Gasteiger partial charge < -0.3 is 9.64 Å². The minimum Gasteiger partial charge on any atom is -0.451 e. The Hall–Kier alpha value is -2.14. The lowest BCUT2D eigenvalue weighted by Gasteiger charge is -2.20. The molecule has 0 fully saturated rings. The zero-order valence-corrected chi connectivity index (χ0v) is 13.6. The summed E-state index contributed by atoms with van der Waals surface area (Å²) in [5.41, 5.74) is 0.894. The van der Waals surface area contributed by atoms with Gasteiger partial charge in [-0.2, -0.15) is 0 Å². The van der Waals surface area contributed by atoms with Gasteiger partial charge in [-0.25, -0.2) is 4.79 Å². The number of thiophene rings is 1. The molecule has 1 aromatic carbocycles. The van der Waals surface area contributed by atoms with Crippen molar-refractivity contribution >= 4 is 33.3 Å². The van der Waals surface area contributed by atoms with Crippen molar-refractivity contribution in [3.05, 3.63) is 47.4 Å². The van der Waals surface area contributed by atoms with E-state index in [-0.39, 0.29) is 12.5 Å². The van der Waals surface area contributed by atoms with E-state index in [2.05, 4.69) is 6.58 Å². The van der Waals surface area contributed by atoms with Gasteiger partial charge in [-0.05, 0) is 31.4 Å². The highest BCUT2D eigenvalue weighted by atomic mass is 32.1. The number of hydrogen-bond acceptors (Lipinski definition) is 4. The SMILES string of the molecule is C=C(C)CN(CC)C(=O)COC(=O)c1cc2ccccc2s1. The monoisotopic (exact) mass is 317 g/mol. The summed E-state index contributed by atoms with van der Waals surface area (Å²) in [5, 5.41) is 1.00. The smallest absolute Gasteiger partial charge is 0.348 e. The van der Waals surface area contributed by atoms with E-state index >= 15 is 0 Å². The Bertz CT molecular complexity index is 672. The van der Waals surface area contributed by atoms with Gasteiger partial charge in [-0.3, -0.25) is 4.79 Å². The number of fused-ring (bicyclic) bond motifs is 1. The van der Waals surface area contributed by atoms with E-state index in [9.17, 15) is 9.59 Å². The Morgan fingerprint density at radius 3 is 2.68 bits per heavy atom. The minimum absolute atomic E-state index is 0.208. The third-order valence-corrected chi connectivity index (χ3v) is 4.24. The third kappa shape index (κ3) is 3.95. The molecule has 0 radical (unpaired) electrons. The number of carbonyl (C=O) groups is 2. The Balaban J connectivity index is 1.97. The maximum atomic E-state index is 12.1. The summed E-state index contributed by atoms with van der Waals surface area (Å²) in [6, 6.07) is 9.53. The van der Waals surface area contributed by atoms with Gasteiger partial charge in [-0.1, -0.05) is 30.4 Å². The van der Waals surface area contributed by atoms with Gasteiger partial charge in [0.1, 0.15) is 4.88 Å². The molecule has 0 spiro atoms. The van der Waals surface area contributed by atoms with E-state index in [1.807, 2.05) is 38.1 Å². The molecule has 2 aromatic rings. The summed E-state index contributed by atoms with van der Waals surface area (Å²) < 4.78 is 6.16. The quantitative estimate of drug-likeness (QED) is 0.605. The molecule has 2 rings (SSSR count). The number of esters is 1. The van der Waals surface area contributed by atoms with Crippen molar-refractivity contribution in [2.75, 3.05) is 19.7 Å². The van der Waals surface area contributed by atoms with Crippen molar-refractivity contribution < 1.29 is 14.3 Å². The fourth-order valence-electron chi connectivity index (χ4n) is 2.07. The molecule has 0 bridgehead atoms. The largest absolute Gasteiger partial charge is 0.451 e. The summed E-state index contributed by atoms with van der Waals surface area (Å²) in [6.45, 7) is 8.34. The molecular formula is C17H19NO3S. The van der Waals surface area contributed by atoms with Crippen LogP contribution < -0.4 is 0 Å². The highest BCUT2D eigenvalue weighted by Gasteiger charge is 2.16. The van der Waals surface area contributed by atoms with Crippen LogP contribution in [0.3, 0.4) is 0 Å². The molecule has 0 N–H and O–H groups in total. The lowest BCUT2D eigenvalue weighted by atomic mass is 10.2. The van der Waals surface area contributed by atoms with Crippen LogP contribution in [0, 0.1) is 0 Å². The second kappa shape index (κ2) is 7.22. The van der Waals surface area contributed by atoms with Crippen molar-refractivity contribution in [2.45, 2.75) is 13.8 Å². The first-order chi connectivity index (χ1) is 10.5. The fourth-order valence-corrected chi connectivity index (χ4v) is 3.03. The number of amides is 1. The number of rotatable bonds is 6. The first-order valence-electron chi connectivity index (χ1n) is 7.09. The minimum atomic E-state index is -0.457. The average Bonchev–Trinajstić information content (AvgIpc) is 2.93. The second-order valence-electron chi connectivity index (χ2n) is 5.09. The van der Waals surface area contributed by atoms with E-state index in [1.165, 1.54) is 11.3 Å². The molecule has 5 heteroatoms. The van der Waals surface area contributed by atoms with Crippen LogP contribution in [0.5, 0.6) is 0 Å². The highest BCUT2D eigenvalue weighted by molar-refractivity contribution is 7.20. The molecule has 0 aliphatic carbocycles. The molecule has 1 heterocycles. The number of benzene rings is 1. The summed E-state index contributed by atoms with van der Waals surface area (Å²) in [5.74, 6) is -0.666. The molecule has 0 atom stereocenters. The first-order valence-corrected chi connectivity index (χ1v) is 7.90. The van der Waals surface area contributed by atoms with Gasteiger partial charge in [0.15, 0.2) is 6.61 Å². The molecule has 4 nitrogen and oxygen atoms in total. The van der Waals surface area contributed by atoms with Crippen LogP contribution in [0.1, 0.15) is 23.5 Å². The van der Waals surface area contributed by atoms with Crippen LogP contribution in [-0.4, -0.2) is 36.5 Å². The topological polar surface area (TPSA) is 46.6 Å². The standard InChI is InChI=1S/C17H19NO3S/c1-4-18(10-12(2)3)16(19)11-21-17(20)15-9-13-7-5-6-8-14(13)22-15/h5-9H,2,4,10-11H2,1,3H3. The summed E-state index contributed by atoms with van der Waals surface area (Å²) >= 11 is 1.37. The van der Waals surface area contributed by atoms with Crippen LogP contribution in [0.15, 0.2) is 42.5 Å². The van der Waals surface area contributed by atoms with Gasteiger partial charge >= 0.3 is 5.97 Å². The number of likely N-dealkylation sites (N-methyl/N-ethyl adjacent to an activating group) is 1. The van der Waals surface area contributed by atoms with Gasteiger partial charge in [0.2, 0.25) is 0 Å². The zero-order chi connectivity index (χ0) is 16.1. The summed E-state index contributed by atoms with van der Waals surface area (Å²) in [6.07, 6.45) is 0. The van der Waals surface area contributed by atoms with E-state index in [0.29, 0.717) is 18.0 Å². The van der Waals surface area contributed by atoms with Crippen LogP contribution >= 0.6 is 11.3 Å². The van der Waals surface area contributed by atoms with Gasteiger partial charge in [0, 0.05) is 17.8 Å². The number of carbonyl (C=O) groups excluding carboxylic acids is 2. The molecule has 0 saturated heterocycles. The molecule has 0 aliphatic heterocycles. The molecule has 116 valence electrons. The van der Waals surface area contributed by atoms with Crippen molar-refractivity contribution in [2.24, 2.45) is 0 Å². The Morgan fingerprint density at radius 2 is 2.05 bits per heavy atom. The van der Waals surface area contributed by atoms with Crippen LogP contribution in [0.4, 0.5) is 0 Å². The zero-order valence-electron chi connectivity index (χ0n) is 12.8. The Labute approximate surface area is 134 Å². The van der Waals surface area contributed by atoms with Crippen molar-refractivity contribution in [1.29, 1.82) is 0 Å². The fraction of sp³-hybridized carbons (Fsp3) is 0.294. The molecule has 1 aromatic heterocycles. The third-order valence-electron chi connectivity index (χ3n) is 3.15. The second-order valence-corrected chi connectivity index (χ2v) is 6.17. The predicted molar refractivity (Wildman–Crippen MR) is 89.2 cm³/mol. The van der Waals surface area contributed by atoms with Crippen LogP contribution in [-0.2, 0) is 9.53 Å². The van der Waals surface area contributed by atoms with Gasteiger partial charge in [-0.15, -0.1) is 11.3 Å². The lowest BCUT2D eigenvalue weighted by Crippen LogP contribution is -2.35. The summed E-state index contributed by atoms with van der Waals surface area (Å²) in [7, 11) is 0.